The summed E-state index contributed by atoms with van der Waals surface area (Å²) in [7, 11) is 0. The molecule has 1 saturated carbocycles. The number of carbonyl (C=O) groups excluding carboxylic acids is 3. The molecule has 0 aromatic heterocycles. The quantitative estimate of drug-likeness (QED) is 0.442. The molecule has 0 bridgehead atoms. The lowest BCUT2D eigenvalue weighted by Gasteiger charge is -2.29. The average Bonchev–Trinajstić information content (AvgIpc) is 3.06. The van der Waals surface area contributed by atoms with Crippen LogP contribution in [0.1, 0.15) is 58.8 Å². The lowest BCUT2D eigenvalue weighted by atomic mass is 9.94. The molecule has 3 amide bonds. The van der Waals surface area contributed by atoms with Crippen molar-refractivity contribution < 1.29 is 33.0 Å². The summed E-state index contributed by atoms with van der Waals surface area (Å²) < 4.78 is 31.7. The molecular formula is C20H33F2N3O5. The van der Waals surface area contributed by atoms with Crippen LogP contribution in [0.4, 0.5) is 13.6 Å². The molecule has 0 radical (unpaired) electrons. The number of hydrogen-bond acceptors (Lipinski definition) is 5. The average molecular weight is 433 g/mol. The molecule has 2 rings (SSSR count). The maximum atomic E-state index is 13.2. The highest BCUT2D eigenvalue weighted by Crippen LogP contribution is 2.34. The molecule has 2 fully saturated rings. The van der Waals surface area contributed by atoms with Crippen LogP contribution < -0.4 is 16.0 Å². The second-order valence-corrected chi connectivity index (χ2v) is 8.69. The minimum Gasteiger partial charge on any atom is -0.446 e. The van der Waals surface area contributed by atoms with Crippen LogP contribution in [0.2, 0.25) is 0 Å². The second-order valence-electron chi connectivity index (χ2n) is 8.69. The van der Waals surface area contributed by atoms with Gasteiger partial charge in [0.2, 0.25) is 17.7 Å². The lowest BCUT2D eigenvalue weighted by Crippen LogP contribution is -2.52. The molecule has 1 saturated heterocycles. The fraction of sp³-hybridized carbons (Fsp3) is 0.850. The number of aliphatic hydroxyl groups excluding tert-OH is 1. The van der Waals surface area contributed by atoms with Crippen molar-refractivity contribution in [2.75, 3.05) is 13.2 Å². The van der Waals surface area contributed by atoms with Crippen molar-refractivity contribution in [2.24, 2.45) is 11.8 Å². The molecule has 172 valence electrons. The summed E-state index contributed by atoms with van der Waals surface area (Å²) in [5.74, 6) is -3.48. The zero-order valence-corrected chi connectivity index (χ0v) is 17.6. The first-order valence-corrected chi connectivity index (χ1v) is 10.6. The number of nitrogens with one attached hydrogen (secondary N) is 3. The number of alkyl halides is 2. The van der Waals surface area contributed by atoms with E-state index in [1.165, 1.54) is 0 Å². The maximum absolute atomic E-state index is 13.2. The van der Waals surface area contributed by atoms with Gasteiger partial charge in [-0.15, -0.1) is 0 Å². The Kier molecular flexibility index (Phi) is 8.81. The van der Waals surface area contributed by atoms with Crippen LogP contribution in [0.25, 0.3) is 0 Å². The number of aliphatic hydroxyl groups is 1. The molecule has 3 atom stereocenters. The van der Waals surface area contributed by atoms with Gasteiger partial charge in [-0.25, -0.2) is 13.6 Å². The van der Waals surface area contributed by atoms with Crippen molar-refractivity contribution in [3.05, 3.63) is 0 Å². The van der Waals surface area contributed by atoms with Gasteiger partial charge in [0.15, 0.2) is 0 Å². The first-order chi connectivity index (χ1) is 14.1. The largest absolute Gasteiger partial charge is 0.446 e. The molecule has 30 heavy (non-hydrogen) atoms. The molecule has 2 unspecified atom stereocenters. The Labute approximate surface area is 175 Å². The Morgan fingerprint density at radius 3 is 2.43 bits per heavy atom. The third-order valence-corrected chi connectivity index (χ3v) is 5.55. The number of amides is 3. The van der Waals surface area contributed by atoms with E-state index in [-0.39, 0.29) is 50.0 Å². The maximum Gasteiger partial charge on any atom is 0.408 e. The Balaban J connectivity index is 1.88. The van der Waals surface area contributed by atoms with Crippen molar-refractivity contribution in [2.45, 2.75) is 82.9 Å². The highest BCUT2D eigenvalue weighted by molar-refractivity contribution is 5.86. The molecule has 1 aliphatic heterocycles. The minimum absolute atomic E-state index is 0.0809. The summed E-state index contributed by atoms with van der Waals surface area (Å²) in [6.45, 7) is 4.03. The zero-order chi connectivity index (χ0) is 22.3. The first-order valence-electron chi connectivity index (χ1n) is 10.6. The Bertz CT molecular complexity index is 607. The van der Waals surface area contributed by atoms with E-state index in [0.717, 1.165) is 0 Å². The number of rotatable bonds is 9. The monoisotopic (exact) mass is 433 g/mol. The summed E-state index contributed by atoms with van der Waals surface area (Å²) in [5, 5.41) is 17.6. The summed E-state index contributed by atoms with van der Waals surface area (Å²) >= 11 is 0. The van der Waals surface area contributed by atoms with Gasteiger partial charge < -0.3 is 25.8 Å². The van der Waals surface area contributed by atoms with E-state index in [0.29, 0.717) is 25.8 Å². The van der Waals surface area contributed by atoms with Crippen LogP contribution in [-0.2, 0) is 14.3 Å². The van der Waals surface area contributed by atoms with E-state index in [1.807, 2.05) is 13.8 Å². The number of hydrogen-bond donors (Lipinski definition) is 4. The number of alkyl carbamates (subject to hydrolysis) is 1. The van der Waals surface area contributed by atoms with Crippen LogP contribution in [0, 0.1) is 11.8 Å². The number of carbonyl (C=O) groups is 3. The van der Waals surface area contributed by atoms with Crippen LogP contribution in [-0.4, -0.2) is 60.3 Å². The van der Waals surface area contributed by atoms with Crippen molar-refractivity contribution in [3.8, 4) is 0 Å². The van der Waals surface area contributed by atoms with Gasteiger partial charge in [-0.2, -0.15) is 0 Å². The van der Waals surface area contributed by atoms with Gasteiger partial charge >= 0.3 is 6.09 Å². The molecule has 8 nitrogen and oxygen atoms in total. The molecule has 0 spiro atoms. The van der Waals surface area contributed by atoms with Gasteiger partial charge in [0, 0.05) is 25.3 Å². The van der Waals surface area contributed by atoms with Gasteiger partial charge in [0.25, 0.3) is 0 Å². The van der Waals surface area contributed by atoms with Crippen LogP contribution in [0.5, 0.6) is 0 Å². The molecule has 1 aliphatic carbocycles. The second kappa shape index (κ2) is 10.9. The molecule has 1 heterocycles. The summed E-state index contributed by atoms with van der Waals surface area (Å²) in [4.78, 5) is 36.7. The van der Waals surface area contributed by atoms with Gasteiger partial charge in [-0.05, 0) is 38.0 Å². The SMILES string of the molecule is CC(C)CC(NC(=O)OC1CCC(F)(F)CC1)C(=O)NC(CO)C[C@@H]1CCNC1=O. The fourth-order valence-corrected chi connectivity index (χ4v) is 3.86. The molecule has 2 aliphatic rings. The van der Waals surface area contributed by atoms with Crippen molar-refractivity contribution in [3.63, 3.8) is 0 Å². The zero-order valence-electron chi connectivity index (χ0n) is 17.6. The van der Waals surface area contributed by atoms with Crippen LogP contribution in [0.15, 0.2) is 0 Å². The van der Waals surface area contributed by atoms with E-state index < -0.39 is 36.1 Å². The van der Waals surface area contributed by atoms with Crippen LogP contribution >= 0.6 is 0 Å². The van der Waals surface area contributed by atoms with Gasteiger partial charge in [0.1, 0.15) is 12.1 Å². The first kappa shape index (κ1) is 24.3. The standard InChI is InChI=1S/C20H33F2N3O5/c1-12(2)9-16(25-19(29)30-15-3-6-20(21,22)7-4-15)18(28)24-14(11-26)10-13-5-8-23-17(13)27/h12-16,26H,3-11H2,1-2H3,(H,23,27)(H,24,28)(H,25,29)/t13-,14?,16?/m0/s1. The van der Waals surface area contributed by atoms with E-state index in [9.17, 15) is 28.3 Å². The third kappa shape index (κ3) is 7.70. The van der Waals surface area contributed by atoms with E-state index >= 15 is 0 Å². The number of halogens is 2. The smallest absolute Gasteiger partial charge is 0.408 e. The third-order valence-electron chi connectivity index (χ3n) is 5.55. The highest BCUT2D eigenvalue weighted by Gasteiger charge is 2.37. The summed E-state index contributed by atoms with van der Waals surface area (Å²) in [6, 6.07) is -1.51. The normalized spacial score (nSPS) is 23.5. The Hall–Kier alpha value is -1.97. The van der Waals surface area contributed by atoms with Crippen molar-refractivity contribution >= 4 is 17.9 Å². The topological polar surface area (TPSA) is 117 Å². The van der Waals surface area contributed by atoms with Gasteiger partial charge in [0.05, 0.1) is 12.6 Å². The van der Waals surface area contributed by atoms with E-state index in [1.54, 1.807) is 0 Å². The number of ether oxygens (including phenoxy) is 1. The Morgan fingerprint density at radius 2 is 1.90 bits per heavy atom. The predicted octanol–water partition coefficient (Wildman–Crippen LogP) is 1.71. The fourth-order valence-electron chi connectivity index (χ4n) is 3.86. The molecule has 4 N–H and O–H groups in total. The molecule has 0 aromatic rings. The summed E-state index contributed by atoms with van der Waals surface area (Å²) in [6.07, 6.45) is -0.614. The van der Waals surface area contributed by atoms with Crippen molar-refractivity contribution in [1.82, 2.24) is 16.0 Å². The molecular weight excluding hydrogens is 400 g/mol. The predicted molar refractivity (Wildman–Crippen MR) is 105 cm³/mol. The van der Waals surface area contributed by atoms with Crippen molar-refractivity contribution in [1.29, 1.82) is 0 Å². The van der Waals surface area contributed by atoms with E-state index in [2.05, 4.69) is 16.0 Å². The highest BCUT2D eigenvalue weighted by atomic mass is 19.3. The van der Waals surface area contributed by atoms with Gasteiger partial charge in [-0.3, -0.25) is 9.59 Å². The summed E-state index contributed by atoms with van der Waals surface area (Å²) in [5.41, 5.74) is 0. The van der Waals surface area contributed by atoms with Gasteiger partial charge in [-0.1, -0.05) is 13.8 Å². The minimum atomic E-state index is -2.72. The molecule has 0 aromatic carbocycles. The molecule has 10 heteroatoms. The Morgan fingerprint density at radius 1 is 1.23 bits per heavy atom. The van der Waals surface area contributed by atoms with E-state index in [4.69, 9.17) is 4.74 Å². The lowest BCUT2D eigenvalue weighted by molar-refractivity contribution is -0.126. The van der Waals surface area contributed by atoms with Crippen LogP contribution in [0.3, 0.4) is 0 Å².